The lowest BCUT2D eigenvalue weighted by Crippen LogP contribution is -2.41. The van der Waals surface area contributed by atoms with Gasteiger partial charge >= 0.3 is 5.69 Å². The molecule has 0 amide bonds. The molecule has 0 aliphatic carbocycles. The van der Waals surface area contributed by atoms with Crippen LogP contribution in [-0.4, -0.2) is 33.7 Å². The van der Waals surface area contributed by atoms with E-state index in [-0.39, 0.29) is 11.2 Å². The van der Waals surface area contributed by atoms with Gasteiger partial charge in [0.15, 0.2) is 0 Å². The zero-order chi connectivity index (χ0) is 13.1. The van der Waals surface area contributed by atoms with Gasteiger partial charge in [-0.05, 0) is 32.9 Å². The molecular weight excluding hydrogens is 230 g/mol. The Kier molecular flexibility index (Phi) is 4.01. The van der Waals surface area contributed by atoms with Crippen molar-refractivity contribution in [1.82, 2.24) is 14.0 Å². The summed E-state index contributed by atoms with van der Waals surface area (Å²) in [6.07, 6.45) is 6.05. The molecule has 0 N–H and O–H groups in total. The molecule has 18 heavy (non-hydrogen) atoms. The molecule has 100 valence electrons. The number of aromatic nitrogens is 2. The molecule has 1 saturated heterocycles. The summed E-state index contributed by atoms with van der Waals surface area (Å²) in [7, 11) is 3.79. The second-order valence-electron chi connectivity index (χ2n) is 5.12. The summed E-state index contributed by atoms with van der Waals surface area (Å²) in [6.45, 7) is 1.63. The monoisotopic (exact) mass is 251 g/mol. The van der Waals surface area contributed by atoms with Crippen LogP contribution >= 0.6 is 0 Å². The fourth-order valence-corrected chi connectivity index (χ4v) is 2.61. The maximum atomic E-state index is 11.9. The van der Waals surface area contributed by atoms with E-state index < -0.39 is 0 Å². The molecule has 0 radical (unpaired) electrons. The smallest absolute Gasteiger partial charge is 0.303 e. The zero-order valence-corrected chi connectivity index (χ0v) is 11.1. The van der Waals surface area contributed by atoms with Crippen molar-refractivity contribution >= 4 is 0 Å². The molecule has 2 heterocycles. The number of hydrogen-bond acceptors (Lipinski definition) is 3. The van der Waals surface area contributed by atoms with Crippen LogP contribution in [0.3, 0.4) is 0 Å². The van der Waals surface area contributed by atoms with Gasteiger partial charge in [-0.15, -0.1) is 0 Å². The summed E-state index contributed by atoms with van der Waals surface area (Å²) in [6, 6.07) is 1.95. The van der Waals surface area contributed by atoms with Gasteiger partial charge in [-0.25, -0.2) is 4.79 Å². The minimum absolute atomic E-state index is 0.198. The van der Waals surface area contributed by atoms with Crippen molar-refractivity contribution in [3.8, 4) is 0 Å². The zero-order valence-electron chi connectivity index (χ0n) is 11.1. The van der Waals surface area contributed by atoms with Gasteiger partial charge in [-0.1, -0.05) is 6.42 Å². The first-order valence-corrected chi connectivity index (χ1v) is 6.56. The summed E-state index contributed by atoms with van der Waals surface area (Å²) in [5, 5.41) is 0. The SMILES string of the molecule is CN1CCCCC1CCn1c(=O)ccn(C)c1=O. The number of rotatable bonds is 3. The fraction of sp³-hybridized carbons (Fsp3) is 0.692. The van der Waals surface area contributed by atoms with E-state index >= 15 is 0 Å². The third kappa shape index (κ3) is 2.72. The first kappa shape index (κ1) is 13.1. The molecule has 1 aromatic rings. The van der Waals surface area contributed by atoms with Crippen molar-refractivity contribution in [3.05, 3.63) is 33.1 Å². The van der Waals surface area contributed by atoms with E-state index in [4.69, 9.17) is 0 Å². The van der Waals surface area contributed by atoms with Gasteiger partial charge in [0.1, 0.15) is 0 Å². The van der Waals surface area contributed by atoms with E-state index in [9.17, 15) is 9.59 Å². The third-order valence-electron chi connectivity index (χ3n) is 3.85. The predicted molar refractivity (Wildman–Crippen MR) is 70.8 cm³/mol. The summed E-state index contributed by atoms with van der Waals surface area (Å²) < 4.78 is 2.79. The second-order valence-corrected chi connectivity index (χ2v) is 5.12. The Morgan fingerprint density at radius 3 is 2.78 bits per heavy atom. The largest absolute Gasteiger partial charge is 0.330 e. The first-order valence-electron chi connectivity index (χ1n) is 6.56. The van der Waals surface area contributed by atoms with Gasteiger partial charge in [0.25, 0.3) is 5.56 Å². The molecule has 0 saturated carbocycles. The van der Waals surface area contributed by atoms with Gasteiger partial charge in [0.2, 0.25) is 0 Å². The lowest BCUT2D eigenvalue weighted by atomic mass is 10.0. The minimum atomic E-state index is -0.221. The Bertz CT molecular complexity index is 518. The van der Waals surface area contributed by atoms with Crippen molar-refractivity contribution in [1.29, 1.82) is 0 Å². The lowest BCUT2D eigenvalue weighted by molar-refractivity contribution is 0.170. The molecule has 1 atom stereocenters. The number of piperidine rings is 1. The van der Waals surface area contributed by atoms with Crippen LogP contribution in [0.15, 0.2) is 21.9 Å². The second kappa shape index (κ2) is 5.52. The van der Waals surface area contributed by atoms with Crippen LogP contribution in [0.2, 0.25) is 0 Å². The molecule has 2 rings (SSSR count). The highest BCUT2D eigenvalue weighted by Gasteiger charge is 2.19. The van der Waals surface area contributed by atoms with Crippen molar-refractivity contribution in [2.75, 3.05) is 13.6 Å². The molecule has 1 aromatic heterocycles. The van der Waals surface area contributed by atoms with Gasteiger partial charge in [0.05, 0.1) is 0 Å². The molecule has 5 heteroatoms. The van der Waals surface area contributed by atoms with Crippen LogP contribution in [0.25, 0.3) is 0 Å². The maximum absolute atomic E-state index is 11.9. The van der Waals surface area contributed by atoms with Gasteiger partial charge in [-0.3, -0.25) is 9.36 Å². The fourth-order valence-electron chi connectivity index (χ4n) is 2.61. The summed E-state index contributed by atoms with van der Waals surface area (Å²) in [5.74, 6) is 0. The van der Waals surface area contributed by atoms with Crippen LogP contribution in [0.4, 0.5) is 0 Å². The highest BCUT2D eigenvalue weighted by molar-refractivity contribution is 4.86. The van der Waals surface area contributed by atoms with Crippen molar-refractivity contribution in [3.63, 3.8) is 0 Å². The Hall–Kier alpha value is -1.36. The topological polar surface area (TPSA) is 47.2 Å². The van der Waals surface area contributed by atoms with Gasteiger partial charge in [0, 0.05) is 31.9 Å². The van der Waals surface area contributed by atoms with Gasteiger partial charge in [-0.2, -0.15) is 0 Å². The van der Waals surface area contributed by atoms with Crippen LogP contribution < -0.4 is 11.2 Å². The summed E-state index contributed by atoms with van der Waals surface area (Å²) >= 11 is 0. The Labute approximate surface area is 107 Å². The third-order valence-corrected chi connectivity index (χ3v) is 3.85. The average Bonchev–Trinajstić information content (AvgIpc) is 2.36. The molecule has 0 aromatic carbocycles. The number of likely N-dealkylation sites (tertiary alicyclic amines) is 1. The molecule has 0 bridgehead atoms. The summed E-state index contributed by atoms with van der Waals surface area (Å²) in [5.41, 5.74) is -0.419. The van der Waals surface area contributed by atoms with E-state index in [1.54, 1.807) is 7.05 Å². The lowest BCUT2D eigenvalue weighted by Gasteiger charge is -2.32. The predicted octanol–water partition coefficient (Wildman–Crippen LogP) is 0.421. The van der Waals surface area contributed by atoms with Crippen LogP contribution in [0, 0.1) is 0 Å². The van der Waals surface area contributed by atoms with E-state index in [0.717, 1.165) is 13.0 Å². The molecular formula is C13H21N3O2. The number of nitrogens with zero attached hydrogens (tertiary/aromatic N) is 3. The number of aryl methyl sites for hydroxylation is 1. The van der Waals surface area contributed by atoms with Crippen molar-refractivity contribution < 1.29 is 0 Å². The quantitative estimate of drug-likeness (QED) is 0.782. The summed E-state index contributed by atoms with van der Waals surface area (Å²) in [4.78, 5) is 25.9. The standard InChI is InChI=1S/C13H21N3O2/c1-14-8-4-3-5-11(14)6-10-16-12(17)7-9-15(2)13(16)18/h7,9,11H,3-6,8,10H2,1-2H3. The minimum Gasteiger partial charge on any atom is -0.303 e. The molecule has 1 aliphatic heterocycles. The Balaban J connectivity index is 2.08. The van der Waals surface area contributed by atoms with E-state index in [0.29, 0.717) is 12.6 Å². The van der Waals surface area contributed by atoms with Crippen LogP contribution in [0.1, 0.15) is 25.7 Å². The molecule has 0 spiro atoms. The average molecular weight is 251 g/mol. The normalized spacial score (nSPS) is 21.1. The van der Waals surface area contributed by atoms with Crippen molar-refractivity contribution in [2.45, 2.75) is 38.3 Å². The van der Waals surface area contributed by atoms with Crippen LogP contribution in [-0.2, 0) is 13.6 Å². The molecule has 1 fully saturated rings. The molecule has 5 nitrogen and oxygen atoms in total. The highest BCUT2D eigenvalue weighted by Crippen LogP contribution is 2.17. The Morgan fingerprint density at radius 1 is 1.28 bits per heavy atom. The van der Waals surface area contributed by atoms with E-state index in [1.165, 1.54) is 40.7 Å². The number of hydrogen-bond donors (Lipinski definition) is 0. The maximum Gasteiger partial charge on any atom is 0.330 e. The van der Waals surface area contributed by atoms with Gasteiger partial charge < -0.3 is 9.47 Å². The first-order chi connectivity index (χ1) is 8.59. The Morgan fingerprint density at radius 2 is 2.06 bits per heavy atom. The van der Waals surface area contributed by atoms with E-state index in [2.05, 4.69) is 11.9 Å². The molecule has 1 unspecified atom stereocenters. The molecule has 1 aliphatic rings. The van der Waals surface area contributed by atoms with E-state index in [1.807, 2.05) is 0 Å². The van der Waals surface area contributed by atoms with Crippen molar-refractivity contribution in [2.24, 2.45) is 7.05 Å². The van der Waals surface area contributed by atoms with Crippen LogP contribution in [0.5, 0.6) is 0 Å². The highest BCUT2D eigenvalue weighted by atomic mass is 16.2.